The van der Waals surface area contributed by atoms with Crippen LogP contribution >= 0.6 is 11.3 Å². The largest absolute Gasteiger partial charge is 0.393 e. The molecule has 0 amide bonds. The Balaban J connectivity index is 2.13. The van der Waals surface area contributed by atoms with Crippen molar-refractivity contribution in [3.63, 3.8) is 0 Å². The maximum absolute atomic E-state index is 9.37. The van der Waals surface area contributed by atoms with E-state index >= 15 is 0 Å². The number of thiazole rings is 1. The fraction of sp³-hybridized carbons (Fsp3) is 0.667. The fourth-order valence-electron chi connectivity index (χ4n) is 1.80. The summed E-state index contributed by atoms with van der Waals surface area (Å²) in [5.41, 5.74) is 5.95. The normalized spacial score (nSPS) is 34.8. The molecule has 3 N–H and O–H groups in total. The van der Waals surface area contributed by atoms with Crippen molar-refractivity contribution in [2.45, 2.75) is 37.3 Å². The molecule has 1 saturated carbocycles. The van der Waals surface area contributed by atoms with Crippen LogP contribution in [0.2, 0.25) is 0 Å². The first kappa shape index (κ1) is 9.12. The van der Waals surface area contributed by atoms with Crippen LogP contribution in [0, 0.1) is 0 Å². The summed E-state index contributed by atoms with van der Waals surface area (Å²) < 4.78 is 0. The Bertz CT molecular complexity index is 265. The lowest BCUT2D eigenvalue weighted by molar-refractivity contribution is 0.0968. The zero-order valence-corrected chi connectivity index (χ0v) is 8.26. The molecule has 1 aromatic heterocycles. The van der Waals surface area contributed by atoms with Gasteiger partial charge in [0.05, 0.1) is 11.6 Å². The van der Waals surface area contributed by atoms with Crippen LogP contribution in [0.1, 0.15) is 30.7 Å². The van der Waals surface area contributed by atoms with Crippen LogP contribution in [-0.4, -0.2) is 16.2 Å². The maximum Gasteiger partial charge on any atom is 0.112 e. The molecule has 3 nitrogen and oxygen atoms in total. The van der Waals surface area contributed by atoms with Crippen molar-refractivity contribution in [1.29, 1.82) is 0 Å². The molecule has 1 fully saturated rings. The summed E-state index contributed by atoms with van der Waals surface area (Å²) >= 11 is 1.61. The molecule has 1 heterocycles. The molecule has 0 saturated heterocycles. The third kappa shape index (κ3) is 1.75. The Morgan fingerprint density at radius 2 is 2.23 bits per heavy atom. The first-order valence-electron chi connectivity index (χ1n) is 4.58. The molecule has 0 aromatic carbocycles. The number of aliphatic hydroxyl groups is 1. The van der Waals surface area contributed by atoms with Gasteiger partial charge in [-0.1, -0.05) is 0 Å². The molecule has 1 aliphatic rings. The molecular weight excluding hydrogens is 184 g/mol. The monoisotopic (exact) mass is 198 g/mol. The van der Waals surface area contributed by atoms with Gasteiger partial charge in [-0.15, -0.1) is 11.3 Å². The van der Waals surface area contributed by atoms with Crippen molar-refractivity contribution >= 4 is 11.3 Å². The Kier molecular flexibility index (Phi) is 2.36. The number of nitrogens with zero attached hydrogens (tertiary/aromatic N) is 1. The maximum atomic E-state index is 9.37. The summed E-state index contributed by atoms with van der Waals surface area (Å²) in [6.45, 7) is 0. The van der Waals surface area contributed by atoms with Crippen molar-refractivity contribution in [3.8, 4) is 0 Å². The smallest absolute Gasteiger partial charge is 0.112 e. The van der Waals surface area contributed by atoms with Crippen LogP contribution in [0.4, 0.5) is 0 Å². The first-order valence-corrected chi connectivity index (χ1v) is 5.46. The highest BCUT2D eigenvalue weighted by Gasteiger charge is 2.34. The van der Waals surface area contributed by atoms with E-state index in [2.05, 4.69) is 4.98 Å². The van der Waals surface area contributed by atoms with Crippen LogP contribution in [0.25, 0.3) is 0 Å². The Labute approximate surface area is 81.6 Å². The average Bonchev–Trinajstić information content (AvgIpc) is 2.63. The summed E-state index contributed by atoms with van der Waals surface area (Å²) in [6, 6.07) is 0. The van der Waals surface area contributed by atoms with Crippen LogP contribution in [0.3, 0.4) is 0 Å². The molecule has 72 valence electrons. The molecule has 0 radical (unpaired) electrons. The van der Waals surface area contributed by atoms with Gasteiger partial charge in [-0.25, -0.2) is 4.98 Å². The highest BCUT2D eigenvalue weighted by molar-refractivity contribution is 7.09. The standard InChI is InChI=1S/C9H14N2OS/c10-9(8-11-5-6-13-8)3-1-7(12)2-4-9/h5-7,12H,1-4,10H2. The average molecular weight is 198 g/mol. The molecule has 1 aliphatic carbocycles. The van der Waals surface area contributed by atoms with E-state index in [1.165, 1.54) is 0 Å². The van der Waals surface area contributed by atoms with Crippen molar-refractivity contribution < 1.29 is 5.11 Å². The van der Waals surface area contributed by atoms with Gasteiger partial charge in [0.25, 0.3) is 0 Å². The van der Waals surface area contributed by atoms with Crippen LogP contribution in [-0.2, 0) is 5.54 Å². The summed E-state index contributed by atoms with van der Waals surface area (Å²) in [4.78, 5) is 4.25. The zero-order chi connectivity index (χ0) is 9.31. The second-order valence-electron chi connectivity index (χ2n) is 3.72. The van der Waals surface area contributed by atoms with Crippen molar-refractivity contribution in [2.75, 3.05) is 0 Å². The zero-order valence-electron chi connectivity index (χ0n) is 7.44. The molecule has 0 spiro atoms. The molecule has 0 unspecified atom stereocenters. The predicted octanol–water partition coefficient (Wildman–Crippen LogP) is 1.23. The Hall–Kier alpha value is -0.450. The van der Waals surface area contributed by atoms with Crippen LogP contribution in [0.5, 0.6) is 0 Å². The number of nitrogens with two attached hydrogens (primary N) is 1. The van der Waals surface area contributed by atoms with Gasteiger partial charge in [0, 0.05) is 11.6 Å². The van der Waals surface area contributed by atoms with Crippen molar-refractivity contribution in [3.05, 3.63) is 16.6 Å². The third-order valence-corrected chi connectivity index (χ3v) is 3.70. The minimum atomic E-state index is -0.270. The van der Waals surface area contributed by atoms with Crippen molar-refractivity contribution in [2.24, 2.45) is 5.73 Å². The highest BCUT2D eigenvalue weighted by Crippen LogP contribution is 2.35. The second kappa shape index (κ2) is 3.36. The minimum absolute atomic E-state index is 0.156. The van der Waals surface area contributed by atoms with E-state index in [1.54, 1.807) is 17.5 Å². The number of aliphatic hydroxyl groups excluding tert-OH is 1. The highest BCUT2D eigenvalue weighted by atomic mass is 32.1. The van der Waals surface area contributed by atoms with Gasteiger partial charge in [0.2, 0.25) is 0 Å². The lowest BCUT2D eigenvalue weighted by Crippen LogP contribution is -2.41. The number of aromatic nitrogens is 1. The predicted molar refractivity (Wildman–Crippen MR) is 52.5 cm³/mol. The summed E-state index contributed by atoms with van der Waals surface area (Å²) in [7, 11) is 0. The quantitative estimate of drug-likeness (QED) is 0.713. The molecule has 0 atom stereocenters. The van der Waals surface area contributed by atoms with Gasteiger partial charge >= 0.3 is 0 Å². The van der Waals surface area contributed by atoms with Gasteiger partial charge in [-0.2, -0.15) is 0 Å². The summed E-state index contributed by atoms with van der Waals surface area (Å²) in [6.07, 6.45) is 4.94. The Morgan fingerprint density at radius 3 is 2.77 bits per heavy atom. The van der Waals surface area contributed by atoms with E-state index in [1.807, 2.05) is 5.38 Å². The lowest BCUT2D eigenvalue weighted by Gasteiger charge is -2.33. The second-order valence-corrected chi connectivity index (χ2v) is 4.62. The SMILES string of the molecule is NC1(c2nccs2)CCC(O)CC1. The molecular formula is C9H14N2OS. The first-order chi connectivity index (χ1) is 6.21. The minimum Gasteiger partial charge on any atom is -0.393 e. The van der Waals surface area contributed by atoms with Gasteiger partial charge < -0.3 is 10.8 Å². The molecule has 2 rings (SSSR count). The Morgan fingerprint density at radius 1 is 1.54 bits per heavy atom. The van der Waals surface area contributed by atoms with E-state index in [9.17, 15) is 5.11 Å². The fourth-order valence-corrected chi connectivity index (χ4v) is 2.61. The van der Waals surface area contributed by atoms with E-state index in [4.69, 9.17) is 5.73 Å². The van der Waals surface area contributed by atoms with E-state index in [0.717, 1.165) is 30.7 Å². The van der Waals surface area contributed by atoms with Crippen LogP contribution in [0.15, 0.2) is 11.6 Å². The number of hydrogen-bond donors (Lipinski definition) is 2. The summed E-state index contributed by atoms with van der Waals surface area (Å²) in [5.74, 6) is 0. The van der Waals surface area contributed by atoms with Crippen molar-refractivity contribution in [1.82, 2.24) is 4.98 Å². The van der Waals surface area contributed by atoms with E-state index in [-0.39, 0.29) is 11.6 Å². The lowest BCUT2D eigenvalue weighted by atomic mass is 9.82. The molecule has 13 heavy (non-hydrogen) atoms. The number of hydrogen-bond acceptors (Lipinski definition) is 4. The molecule has 0 aliphatic heterocycles. The summed E-state index contributed by atoms with van der Waals surface area (Å²) in [5, 5.41) is 12.3. The topological polar surface area (TPSA) is 59.1 Å². The van der Waals surface area contributed by atoms with Gasteiger partial charge in [0.15, 0.2) is 0 Å². The van der Waals surface area contributed by atoms with Gasteiger partial charge in [-0.05, 0) is 25.7 Å². The molecule has 4 heteroatoms. The van der Waals surface area contributed by atoms with E-state index in [0.29, 0.717) is 0 Å². The molecule has 1 aromatic rings. The number of rotatable bonds is 1. The third-order valence-electron chi connectivity index (χ3n) is 2.71. The van der Waals surface area contributed by atoms with Gasteiger partial charge in [0.1, 0.15) is 5.01 Å². The van der Waals surface area contributed by atoms with Gasteiger partial charge in [-0.3, -0.25) is 0 Å². The molecule has 0 bridgehead atoms. The van der Waals surface area contributed by atoms with E-state index < -0.39 is 0 Å². The van der Waals surface area contributed by atoms with Crippen LogP contribution < -0.4 is 5.73 Å².